The predicted molar refractivity (Wildman–Crippen MR) is 122 cm³/mol. The monoisotopic (exact) mass is 498 g/mol. The average molecular weight is 499 g/mol. The van der Waals surface area contributed by atoms with Crippen molar-refractivity contribution in [3.63, 3.8) is 0 Å². The Hall–Kier alpha value is -1.83. The summed E-state index contributed by atoms with van der Waals surface area (Å²) >= 11 is 1.17. The molecule has 12 heteroatoms. The Morgan fingerprint density at radius 1 is 0.812 bits per heavy atom. The molecule has 0 unspecified atom stereocenters. The van der Waals surface area contributed by atoms with E-state index in [4.69, 9.17) is 0 Å². The van der Waals surface area contributed by atoms with Crippen LogP contribution >= 0.6 is 11.3 Å². The van der Waals surface area contributed by atoms with Crippen molar-refractivity contribution in [2.75, 3.05) is 59.4 Å². The molecule has 2 aliphatic heterocycles. The molecule has 32 heavy (non-hydrogen) atoms. The van der Waals surface area contributed by atoms with E-state index >= 15 is 0 Å². The van der Waals surface area contributed by atoms with E-state index in [0.29, 0.717) is 30.4 Å². The molecule has 0 saturated carbocycles. The number of sulfonamides is 2. The first-order valence-corrected chi connectivity index (χ1v) is 14.1. The molecule has 0 N–H and O–H groups in total. The Morgan fingerprint density at radius 2 is 1.44 bits per heavy atom. The average Bonchev–Trinajstić information content (AvgIpc) is 3.35. The highest BCUT2D eigenvalue weighted by Crippen LogP contribution is 2.23. The van der Waals surface area contributed by atoms with Crippen molar-refractivity contribution in [2.45, 2.75) is 9.10 Å². The van der Waals surface area contributed by atoms with Gasteiger partial charge in [-0.05, 0) is 36.7 Å². The Morgan fingerprint density at radius 3 is 2.06 bits per heavy atom. The van der Waals surface area contributed by atoms with Gasteiger partial charge in [-0.15, -0.1) is 11.3 Å². The molecular formula is C20H26N4O5S3. The van der Waals surface area contributed by atoms with Crippen LogP contribution < -0.4 is 0 Å². The van der Waals surface area contributed by atoms with Gasteiger partial charge in [0.05, 0.1) is 4.90 Å². The lowest BCUT2D eigenvalue weighted by molar-refractivity contribution is 0.0697. The highest BCUT2D eigenvalue weighted by Gasteiger charge is 2.32. The molecule has 0 radical (unpaired) electrons. The van der Waals surface area contributed by atoms with E-state index in [0.717, 1.165) is 0 Å². The van der Waals surface area contributed by atoms with E-state index in [1.54, 1.807) is 34.5 Å². The maximum Gasteiger partial charge on any atom is 0.253 e. The van der Waals surface area contributed by atoms with Gasteiger partial charge in [0.1, 0.15) is 4.21 Å². The van der Waals surface area contributed by atoms with Crippen LogP contribution in [0.4, 0.5) is 0 Å². The van der Waals surface area contributed by atoms with Crippen LogP contribution in [0.1, 0.15) is 10.4 Å². The van der Waals surface area contributed by atoms with Gasteiger partial charge < -0.3 is 9.80 Å². The zero-order valence-electron chi connectivity index (χ0n) is 17.8. The zero-order chi connectivity index (χ0) is 22.9. The summed E-state index contributed by atoms with van der Waals surface area (Å²) in [6.07, 6.45) is 0. The molecule has 0 aliphatic carbocycles. The van der Waals surface area contributed by atoms with Crippen molar-refractivity contribution < 1.29 is 21.6 Å². The second kappa shape index (κ2) is 9.20. The molecule has 0 atom stereocenters. The van der Waals surface area contributed by atoms with E-state index in [2.05, 4.69) is 4.90 Å². The fourth-order valence-electron chi connectivity index (χ4n) is 3.82. The van der Waals surface area contributed by atoms with Crippen molar-refractivity contribution in [2.24, 2.45) is 0 Å². The standard InChI is InChI=1S/C20H26N4O5S3/c1-21-7-11-23(12-8-21)31(26,27)18-5-2-4-17(16-18)20(25)22-9-13-24(14-10-22)32(28,29)19-6-3-15-30-19/h2-6,15-16H,7-14H2,1H3. The molecule has 2 fully saturated rings. The van der Waals surface area contributed by atoms with Crippen molar-refractivity contribution >= 4 is 37.3 Å². The molecule has 4 rings (SSSR count). The van der Waals surface area contributed by atoms with Gasteiger partial charge in [-0.3, -0.25) is 4.79 Å². The minimum atomic E-state index is -3.68. The van der Waals surface area contributed by atoms with Crippen LogP contribution in [0.2, 0.25) is 0 Å². The molecule has 0 bridgehead atoms. The third kappa shape index (κ3) is 4.61. The quantitative estimate of drug-likeness (QED) is 0.606. The van der Waals surface area contributed by atoms with Crippen LogP contribution in [0.5, 0.6) is 0 Å². The third-order valence-corrected chi connectivity index (χ3v) is 11.0. The summed E-state index contributed by atoms with van der Waals surface area (Å²) in [6, 6.07) is 9.37. The van der Waals surface area contributed by atoms with Gasteiger partial charge in [0.15, 0.2) is 0 Å². The molecule has 2 aromatic rings. The third-order valence-electron chi connectivity index (χ3n) is 5.80. The van der Waals surface area contributed by atoms with Gasteiger partial charge in [-0.25, -0.2) is 16.8 Å². The van der Waals surface area contributed by atoms with E-state index in [-0.39, 0.29) is 42.5 Å². The molecule has 1 aromatic heterocycles. The molecule has 174 valence electrons. The second-order valence-electron chi connectivity index (χ2n) is 7.86. The maximum absolute atomic E-state index is 13.0. The van der Waals surface area contributed by atoms with Crippen molar-refractivity contribution in [1.29, 1.82) is 0 Å². The van der Waals surface area contributed by atoms with Gasteiger partial charge in [-0.2, -0.15) is 8.61 Å². The first-order chi connectivity index (χ1) is 15.2. The number of carbonyl (C=O) groups is 1. The minimum Gasteiger partial charge on any atom is -0.336 e. The first kappa shape index (κ1) is 23.3. The van der Waals surface area contributed by atoms with Gasteiger partial charge in [0.2, 0.25) is 10.0 Å². The summed E-state index contributed by atoms with van der Waals surface area (Å²) in [5.74, 6) is -0.298. The van der Waals surface area contributed by atoms with Gasteiger partial charge in [-0.1, -0.05) is 12.1 Å². The number of amides is 1. The Balaban J connectivity index is 1.45. The lowest BCUT2D eigenvalue weighted by Gasteiger charge is -2.34. The van der Waals surface area contributed by atoms with E-state index in [1.165, 1.54) is 32.1 Å². The van der Waals surface area contributed by atoms with Gasteiger partial charge in [0, 0.05) is 57.9 Å². The number of benzene rings is 1. The maximum atomic E-state index is 13.0. The molecule has 2 aliphatic rings. The molecule has 1 aromatic carbocycles. The molecule has 2 saturated heterocycles. The molecular weight excluding hydrogens is 472 g/mol. The molecule has 3 heterocycles. The molecule has 9 nitrogen and oxygen atoms in total. The summed E-state index contributed by atoms with van der Waals surface area (Å²) < 4.78 is 54.5. The SMILES string of the molecule is CN1CCN(S(=O)(=O)c2cccc(C(=O)N3CCN(S(=O)(=O)c4cccs4)CC3)c2)CC1. The number of hydrogen-bond donors (Lipinski definition) is 0. The predicted octanol–water partition coefficient (Wildman–Crippen LogP) is 0.831. The lowest BCUT2D eigenvalue weighted by Crippen LogP contribution is -2.50. The fourth-order valence-corrected chi connectivity index (χ4v) is 7.85. The largest absolute Gasteiger partial charge is 0.336 e. The van der Waals surface area contributed by atoms with Gasteiger partial charge >= 0.3 is 0 Å². The minimum absolute atomic E-state index is 0.104. The summed E-state index contributed by atoms with van der Waals surface area (Å²) in [6.45, 7) is 3.05. The number of hydrogen-bond acceptors (Lipinski definition) is 7. The Bertz CT molecular complexity index is 1170. The molecule has 0 spiro atoms. The number of rotatable bonds is 5. The highest BCUT2D eigenvalue weighted by atomic mass is 32.2. The van der Waals surface area contributed by atoms with Crippen LogP contribution in [0.15, 0.2) is 50.9 Å². The van der Waals surface area contributed by atoms with Crippen LogP contribution in [0.25, 0.3) is 0 Å². The zero-order valence-corrected chi connectivity index (χ0v) is 20.2. The number of nitrogens with zero attached hydrogens (tertiary/aromatic N) is 4. The smallest absolute Gasteiger partial charge is 0.253 e. The normalized spacial score (nSPS) is 19.8. The number of carbonyl (C=O) groups excluding carboxylic acids is 1. The van der Waals surface area contributed by atoms with Crippen LogP contribution in [-0.2, 0) is 20.0 Å². The summed E-state index contributed by atoms with van der Waals surface area (Å²) in [5.41, 5.74) is 0.287. The van der Waals surface area contributed by atoms with E-state index in [9.17, 15) is 21.6 Å². The number of likely N-dealkylation sites (N-methyl/N-ethyl adjacent to an activating group) is 1. The number of thiophene rings is 1. The molecule has 1 amide bonds. The Kier molecular flexibility index (Phi) is 6.71. The number of piperazine rings is 2. The van der Waals surface area contributed by atoms with Gasteiger partial charge in [0.25, 0.3) is 15.9 Å². The summed E-state index contributed by atoms with van der Waals surface area (Å²) in [4.78, 5) is 16.8. The topological polar surface area (TPSA) is 98.3 Å². The highest BCUT2D eigenvalue weighted by molar-refractivity contribution is 7.91. The van der Waals surface area contributed by atoms with E-state index in [1.807, 2.05) is 7.05 Å². The summed E-state index contributed by atoms with van der Waals surface area (Å²) in [5, 5.41) is 1.72. The van der Waals surface area contributed by atoms with Crippen LogP contribution in [0.3, 0.4) is 0 Å². The van der Waals surface area contributed by atoms with Crippen molar-refractivity contribution in [3.05, 3.63) is 47.3 Å². The summed E-state index contributed by atoms with van der Waals surface area (Å²) in [7, 11) is -5.27. The van der Waals surface area contributed by atoms with Crippen LogP contribution in [-0.4, -0.2) is 101 Å². The van der Waals surface area contributed by atoms with Crippen LogP contribution in [0, 0.1) is 0 Å². The second-order valence-corrected chi connectivity index (χ2v) is 12.9. The lowest BCUT2D eigenvalue weighted by atomic mass is 10.2. The van der Waals surface area contributed by atoms with Crippen molar-refractivity contribution in [1.82, 2.24) is 18.4 Å². The fraction of sp³-hybridized carbons (Fsp3) is 0.450. The Labute approximate surface area is 192 Å². The van der Waals surface area contributed by atoms with E-state index < -0.39 is 20.0 Å². The van der Waals surface area contributed by atoms with Crippen molar-refractivity contribution in [3.8, 4) is 0 Å². The first-order valence-electron chi connectivity index (χ1n) is 10.3.